The Morgan fingerprint density at radius 1 is 1.12 bits per heavy atom. The van der Waals surface area contributed by atoms with Crippen molar-refractivity contribution in [2.75, 3.05) is 12.8 Å². The van der Waals surface area contributed by atoms with Gasteiger partial charge in [-0.3, -0.25) is 0 Å². The Morgan fingerprint density at radius 3 is 2.59 bits per heavy atom. The zero-order valence-electron chi connectivity index (χ0n) is 9.21. The molecule has 2 nitrogen and oxygen atoms in total. The summed E-state index contributed by atoms with van der Waals surface area (Å²) in [4.78, 5) is 0. The number of nitrogen functional groups attached to an aromatic ring is 1. The van der Waals surface area contributed by atoms with Crippen molar-refractivity contribution >= 4 is 5.69 Å². The van der Waals surface area contributed by atoms with Crippen LogP contribution in [-0.4, -0.2) is 7.11 Å². The lowest BCUT2D eigenvalue weighted by Crippen LogP contribution is -1.97. The summed E-state index contributed by atoms with van der Waals surface area (Å²) in [6.45, 7) is 0. The van der Waals surface area contributed by atoms with Crippen molar-refractivity contribution in [3.05, 3.63) is 48.0 Å². The summed E-state index contributed by atoms with van der Waals surface area (Å²) >= 11 is 0. The van der Waals surface area contributed by atoms with Crippen LogP contribution in [0.3, 0.4) is 0 Å². The Morgan fingerprint density at radius 2 is 1.88 bits per heavy atom. The third-order valence-corrected chi connectivity index (χ3v) is 2.48. The molecule has 0 unspecified atom stereocenters. The van der Waals surface area contributed by atoms with Crippen molar-refractivity contribution in [1.82, 2.24) is 0 Å². The van der Waals surface area contributed by atoms with Gasteiger partial charge in [0.05, 0.1) is 18.4 Å². The van der Waals surface area contributed by atoms with Crippen LogP contribution in [0.25, 0.3) is 11.1 Å². The lowest BCUT2D eigenvalue weighted by atomic mass is 10.0. The average molecular weight is 235 g/mol. The Kier molecular flexibility index (Phi) is 2.95. The summed E-state index contributed by atoms with van der Waals surface area (Å²) in [7, 11) is 1.49. The van der Waals surface area contributed by atoms with Gasteiger partial charge in [-0.1, -0.05) is 12.1 Å². The molecule has 2 rings (SSSR count). The molecule has 0 heterocycles. The normalized spacial score (nSPS) is 10.3. The van der Waals surface area contributed by atoms with Crippen LogP contribution in [-0.2, 0) is 0 Å². The predicted octanol–water partition coefficient (Wildman–Crippen LogP) is 3.22. The predicted molar refractivity (Wildman–Crippen MR) is 62.8 cm³/mol. The van der Waals surface area contributed by atoms with E-state index in [1.54, 1.807) is 24.3 Å². The molecule has 4 heteroatoms. The van der Waals surface area contributed by atoms with E-state index in [1.165, 1.54) is 13.2 Å². The molecule has 0 atom stereocenters. The second-order valence-corrected chi connectivity index (χ2v) is 3.56. The highest BCUT2D eigenvalue weighted by Gasteiger charge is 2.14. The molecule has 17 heavy (non-hydrogen) atoms. The molecule has 0 aliphatic heterocycles. The molecule has 0 aromatic heterocycles. The average Bonchev–Trinajstić information content (AvgIpc) is 2.35. The highest BCUT2D eigenvalue weighted by Crippen LogP contribution is 2.31. The lowest BCUT2D eigenvalue weighted by molar-refractivity contribution is 0.415. The Labute approximate surface area is 97.6 Å². The third kappa shape index (κ3) is 2.06. The number of rotatable bonds is 2. The molecular formula is C13H11F2NO. The van der Waals surface area contributed by atoms with Gasteiger partial charge in [0.1, 0.15) is 11.6 Å². The molecule has 88 valence electrons. The van der Waals surface area contributed by atoms with Gasteiger partial charge >= 0.3 is 0 Å². The summed E-state index contributed by atoms with van der Waals surface area (Å²) in [5.74, 6) is -0.869. The molecule has 0 bridgehead atoms. The minimum absolute atomic E-state index is 0.0794. The molecule has 0 aliphatic rings. The van der Waals surface area contributed by atoms with E-state index >= 15 is 0 Å². The number of methoxy groups -OCH3 is 1. The van der Waals surface area contributed by atoms with Crippen LogP contribution >= 0.6 is 0 Å². The second-order valence-electron chi connectivity index (χ2n) is 3.56. The fourth-order valence-corrected chi connectivity index (χ4v) is 1.61. The number of halogens is 2. The zero-order chi connectivity index (χ0) is 12.4. The van der Waals surface area contributed by atoms with Gasteiger partial charge in [-0.25, -0.2) is 8.78 Å². The maximum absolute atomic E-state index is 13.8. The van der Waals surface area contributed by atoms with Crippen molar-refractivity contribution < 1.29 is 13.5 Å². The van der Waals surface area contributed by atoms with E-state index in [4.69, 9.17) is 10.5 Å². The number of benzene rings is 2. The van der Waals surface area contributed by atoms with Gasteiger partial charge in [-0.2, -0.15) is 0 Å². The highest BCUT2D eigenvalue weighted by molar-refractivity contribution is 5.70. The van der Waals surface area contributed by atoms with Gasteiger partial charge < -0.3 is 10.5 Å². The topological polar surface area (TPSA) is 35.2 Å². The van der Waals surface area contributed by atoms with Crippen molar-refractivity contribution in [2.24, 2.45) is 0 Å². The van der Waals surface area contributed by atoms with E-state index in [0.29, 0.717) is 11.3 Å². The number of hydrogen-bond donors (Lipinski definition) is 1. The first-order valence-corrected chi connectivity index (χ1v) is 5.01. The highest BCUT2D eigenvalue weighted by atomic mass is 19.1. The maximum atomic E-state index is 13.8. The van der Waals surface area contributed by atoms with Crippen LogP contribution in [0.1, 0.15) is 0 Å². The van der Waals surface area contributed by atoms with Gasteiger partial charge in [0.2, 0.25) is 0 Å². The summed E-state index contributed by atoms with van der Waals surface area (Å²) < 4.78 is 32.4. The van der Waals surface area contributed by atoms with Crippen LogP contribution < -0.4 is 10.5 Å². The third-order valence-electron chi connectivity index (χ3n) is 2.48. The smallest absolute Gasteiger partial charge is 0.156 e. The number of hydrogen-bond acceptors (Lipinski definition) is 2. The molecule has 0 saturated heterocycles. The Hall–Kier alpha value is -2.10. The van der Waals surface area contributed by atoms with Crippen molar-refractivity contribution in [3.8, 4) is 16.9 Å². The molecule has 0 spiro atoms. The van der Waals surface area contributed by atoms with E-state index in [2.05, 4.69) is 0 Å². The standard InChI is InChI=1S/C13H11F2NO/c1-17-9-4-2-3-8(7-9)12-10(14)5-6-11(16)13(12)15/h2-7H,16H2,1H3. The summed E-state index contributed by atoms with van der Waals surface area (Å²) in [6.07, 6.45) is 0. The Bertz CT molecular complexity index is 555. The SMILES string of the molecule is COc1cccc(-c2c(F)ccc(N)c2F)c1. The molecule has 0 aliphatic carbocycles. The van der Waals surface area contributed by atoms with Crippen LogP contribution in [0.4, 0.5) is 14.5 Å². The molecule has 0 amide bonds. The number of anilines is 1. The van der Waals surface area contributed by atoms with Gasteiger partial charge in [0.25, 0.3) is 0 Å². The van der Waals surface area contributed by atoms with Crippen LogP contribution in [0, 0.1) is 11.6 Å². The minimum Gasteiger partial charge on any atom is -0.497 e. The van der Waals surface area contributed by atoms with E-state index in [0.717, 1.165) is 6.07 Å². The first-order chi connectivity index (χ1) is 8.13. The van der Waals surface area contributed by atoms with Crippen molar-refractivity contribution in [3.63, 3.8) is 0 Å². The molecule has 0 fully saturated rings. The summed E-state index contributed by atoms with van der Waals surface area (Å²) in [5, 5.41) is 0. The lowest BCUT2D eigenvalue weighted by Gasteiger charge is -2.08. The van der Waals surface area contributed by atoms with Crippen molar-refractivity contribution in [1.29, 1.82) is 0 Å². The van der Waals surface area contributed by atoms with E-state index in [1.807, 2.05) is 0 Å². The quantitative estimate of drug-likeness (QED) is 0.811. The van der Waals surface area contributed by atoms with Crippen LogP contribution in [0.5, 0.6) is 5.75 Å². The van der Waals surface area contributed by atoms with Gasteiger partial charge in [-0.05, 0) is 29.8 Å². The van der Waals surface area contributed by atoms with Crippen molar-refractivity contribution in [2.45, 2.75) is 0 Å². The molecule has 2 N–H and O–H groups in total. The second kappa shape index (κ2) is 4.41. The van der Waals surface area contributed by atoms with E-state index < -0.39 is 11.6 Å². The molecular weight excluding hydrogens is 224 g/mol. The molecule has 0 saturated carbocycles. The Balaban J connectivity index is 2.63. The largest absolute Gasteiger partial charge is 0.497 e. The monoisotopic (exact) mass is 235 g/mol. The maximum Gasteiger partial charge on any atom is 0.156 e. The fourth-order valence-electron chi connectivity index (χ4n) is 1.61. The van der Waals surface area contributed by atoms with Gasteiger partial charge in [-0.15, -0.1) is 0 Å². The summed E-state index contributed by atoms with van der Waals surface area (Å²) in [5.41, 5.74) is 5.60. The summed E-state index contributed by atoms with van der Waals surface area (Å²) in [6, 6.07) is 8.87. The molecule has 0 radical (unpaired) electrons. The molecule has 2 aromatic rings. The van der Waals surface area contributed by atoms with Crippen LogP contribution in [0.2, 0.25) is 0 Å². The van der Waals surface area contributed by atoms with Gasteiger partial charge in [0.15, 0.2) is 5.82 Å². The van der Waals surface area contributed by atoms with E-state index in [-0.39, 0.29) is 11.3 Å². The van der Waals surface area contributed by atoms with E-state index in [9.17, 15) is 8.78 Å². The first kappa shape index (κ1) is 11.4. The van der Waals surface area contributed by atoms with Gasteiger partial charge in [0, 0.05) is 0 Å². The minimum atomic E-state index is -0.752. The number of nitrogens with two attached hydrogens (primary N) is 1. The zero-order valence-corrected chi connectivity index (χ0v) is 9.21. The van der Waals surface area contributed by atoms with Crippen LogP contribution in [0.15, 0.2) is 36.4 Å². The fraction of sp³-hybridized carbons (Fsp3) is 0.0769. The molecule has 2 aromatic carbocycles. The first-order valence-electron chi connectivity index (χ1n) is 5.01. The number of ether oxygens (including phenoxy) is 1.